The first-order chi connectivity index (χ1) is 18.3. The van der Waals surface area contributed by atoms with Crippen LogP contribution in [0.25, 0.3) is 5.69 Å². The lowest BCUT2D eigenvalue weighted by Crippen LogP contribution is -2.26. The number of aryl methyl sites for hydroxylation is 3. The van der Waals surface area contributed by atoms with Crippen molar-refractivity contribution in [3.63, 3.8) is 0 Å². The molecule has 1 aromatic heterocycles. The maximum atomic E-state index is 12.7. The fourth-order valence-electron chi connectivity index (χ4n) is 3.89. The Hall–Kier alpha value is -4.11. The van der Waals surface area contributed by atoms with Crippen LogP contribution in [0.4, 0.5) is 5.69 Å². The number of methoxy groups -OCH3 is 1. The highest BCUT2D eigenvalue weighted by Gasteiger charge is 2.17. The second-order valence-corrected chi connectivity index (χ2v) is 9.97. The fourth-order valence-corrected chi connectivity index (χ4v) is 4.66. The standard InChI is InChI=1S/C29H31N5O3S/c1-19-6-5-7-23(14-19)34-26(17-30-27(35)16-22-10-12-24(37-4)13-11-22)32-33-29(34)38-18-28(36)31-25-15-20(2)8-9-21(25)3/h5-15H,16-18H2,1-4H3,(H,30,35)(H,31,36). The Morgan fingerprint density at radius 3 is 2.42 bits per heavy atom. The molecule has 0 spiro atoms. The average Bonchev–Trinajstić information content (AvgIpc) is 3.31. The molecule has 0 atom stereocenters. The number of ether oxygens (including phenoxy) is 1. The molecule has 0 bridgehead atoms. The summed E-state index contributed by atoms with van der Waals surface area (Å²) in [5.41, 5.74) is 5.72. The molecule has 2 N–H and O–H groups in total. The SMILES string of the molecule is COc1ccc(CC(=O)NCc2nnc(SCC(=O)Nc3cc(C)ccc3C)n2-c2cccc(C)c2)cc1. The molecule has 0 aliphatic carbocycles. The number of aromatic nitrogens is 3. The van der Waals surface area contributed by atoms with Crippen LogP contribution in [0.15, 0.2) is 71.9 Å². The Morgan fingerprint density at radius 2 is 1.68 bits per heavy atom. The number of nitrogens with one attached hydrogen (secondary N) is 2. The third kappa shape index (κ3) is 7.01. The van der Waals surface area contributed by atoms with Gasteiger partial charge in [0.1, 0.15) is 5.75 Å². The van der Waals surface area contributed by atoms with Crippen LogP contribution in [0.2, 0.25) is 0 Å². The summed E-state index contributed by atoms with van der Waals surface area (Å²) < 4.78 is 7.06. The lowest BCUT2D eigenvalue weighted by atomic mass is 10.1. The minimum atomic E-state index is -0.129. The topological polar surface area (TPSA) is 98.1 Å². The van der Waals surface area contributed by atoms with Crippen molar-refractivity contribution in [2.75, 3.05) is 18.2 Å². The summed E-state index contributed by atoms with van der Waals surface area (Å²) in [7, 11) is 1.61. The van der Waals surface area contributed by atoms with E-state index in [4.69, 9.17) is 4.74 Å². The summed E-state index contributed by atoms with van der Waals surface area (Å²) in [5, 5.41) is 15.2. The zero-order chi connectivity index (χ0) is 27.1. The highest BCUT2D eigenvalue weighted by atomic mass is 32.2. The predicted molar refractivity (Wildman–Crippen MR) is 150 cm³/mol. The van der Waals surface area contributed by atoms with E-state index in [0.717, 1.165) is 39.4 Å². The molecule has 9 heteroatoms. The van der Waals surface area contributed by atoms with Crippen LogP contribution in [0.5, 0.6) is 5.75 Å². The number of benzene rings is 3. The number of hydrogen-bond acceptors (Lipinski definition) is 6. The Bertz CT molecular complexity index is 1430. The van der Waals surface area contributed by atoms with Crippen LogP contribution >= 0.6 is 11.8 Å². The van der Waals surface area contributed by atoms with Crippen molar-refractivity contribution in [3.8, 4) is 11.4 Å². The Kier molecular flexibility index (Phi) is 8.81. The number of amides is 2. The van der Waals surface area contributed by atoms with Crippen molar-refractivity contribution in [2.24, 2.45) is 0 Å². The van der Waals surface area contributed by atoms with E-state index in [-0.39, 0.29) is 30.5 Å². The van der Waals surface area contributed by atoms with Crippen molar-refractivity contribution in [2.45, 2.75) is 38.9 Å². The van der Waals surface area contributed by atoms with Gasteiger partial charge in [0.2, 0.25) is 11.8 Å². The smallest absolute Gasteiger partial charge is 0.234 e. The first-order valence-electron chi connectivity index (χ1n) is 12.2. The molecule has 8 nitrogen and oxygen atoms in total. The molecule has 2 amide bonds. The molecule has 4 rings (SSSR count). The molecule has 0 aliphatic heterocycles. The fraction of sp³-hybridized carbons (Fsp3) is 0.241. The zero-order valence-corrected chi connectivity index (χ0v) is 22.8. The van der Waals surface area contributed by atoms with Gasteiger partial charge in [0, 0.05) is 11.4 Å². The van der Waals surface area contributed by atoms with Gasteiger partial charge in [0.15, 0.2) is 11.0 Å². The monoisotopic (exact) mass is 529 g/mol. The third-order valence-electron chi connectivity index (χ3n) is 5.93. The number of rotatable bonds is 10. The molecular formula is C29H31N5O3S. The summed E-state index contributed by atoms with van der Waals surface area (Å²) in [4.78, 5) is 25.4. The van der Waals surface area contributed by atoms with E-state index in [1.165, 1.54) is 11.8 Å². The minimum Gasteiger partial charge on any atom is -0.497 e. The van der Waals surface area contributed by atoms with Crippen LogP contribution < -0.4 is 15.4 Å². The summed E-state index contributed by atoms with van der Waals surface area (Å²) in [6.07, 6.45) is 0.239. The number of nitrogens with zero attached hydrogens (tertiary/aromatic N) is 3. The van der Waals surface area contributed by atoms with Gasteiger partial charge in [-0.2, -0.15) is 0 Å². The average molecular weight is 530 g/mol. The van der Waals surface area contributed by atoms with Crippen molar-refractivity contribution < 1.29 is 14.3 Å². The number of thioether (sulfide) groups is 1. The first-order valence-corrected chi connectivity index (χ1v) is 13.2. The molecule has 0 aliphatic rings. The molecule has 0 fully saturated rings. The predicted octanol–water partition coefficient (Wildman–Crippen LogP) is 4.79. The number of hydrogen-bond donors (Lipinski definition) is 2. The first kappa shape index (κ1) is 26.9. The van der Waals surface area contributed by atoms with Crippen molar-refractivity contribution >= 4 is 29.3 Å². The third-order valence-corrected chi connectivity index (χ3v) is 6.86. The molecule has 0 unspecified atom stereocenters. The number of carbonyl (C=O) groups is 2. The molecule has 4 aromatic rings. The van der Waals surface area contributed by atoms with E-state index in [9.17, 15) is 9.59 Å². The van der Waals surface area contributed by atoms with Crippen LogP contribution in [0.1, 0.15) is 28.1 Å². The highest BCUT2D eigenvalue weighted by Crippen LogP contribution is 2.24. The molecule has 1 heterocycles. The van der Waals surface area contributed by atoms with Gasteiger partial charge in [0.25, 0.3) is 0 Å². The van der Waals surface area contributed by atoms with Gasteiger partial charge in [-0.3, -0.25) is 14.2 Å². The molecule has 196 valence electrons. The van der Waals surface area contributed by atoms with Crippen molar-refractivity contribution in [1.82, 2.24) is 20.1 Å². The Balaban J connectivity index is 1.46. The molecule has 38 heavy (non-hydrogen) atoms. The van der Waals surface area contributed by atoms with Crippen LogP contribution in [-0.4, -0.2) is 39.4 Å². The highest BCUT2D eigenvalue weighted by molar-refractivity contribution is 7.99. The molecule has 0 saturated heterocycles. The van der Waals surface area contributed by atoms with Gasteiger partial charge in [0.05, 0.1) is 25.8 Å². The van der Waals surface area contributed by atoms with E-state index in [1.54, 1.807) is 7.11 Å². The minimum absolute atomic E-state index is 0.128. The molecule has 0 radical (unpaired) electrons. The van der Waals surface area contributed by atoms with E-state index in [1.807, 2.05) is 92.1 Å². The summed E-state index contributed by atoms with van der Waals surface area (Å²) >= 11 is 1.30. The summed E-state index contributed by atoms with van der Waals surface area (Å²) in [6, 6.07) is 21.3. The molecular weight excluding hydrogens is 498 g/mol. The molecule has 0 saturated carbocycles. The van der Waals surface area contributed by atoms with E-state index in [2.05, 4.69) is 20.8 Å². The quantitative estimate of drug-likeness (QED) is 0.287. The zero-order valence-electron chi connectivity index (χ0n) is 21.9. The van der Waals surface area contributed by atoms with E-state index >= 15 is 0 Å². The van der Waals surface area contributed by atoms with Gasteiger partial charge in [-0.15, -0.1) is 10.2 Å². The van der Waals surface area contributed by atoms with Gasteiger partial charge in [-0.1, -0.05) is 48.2 Å². The van der Waals surface area contributed by atoms with E-state index < -0.39 is 0 Å². The lowest BCUT2D eigenvalue weighted by Gasteiger charge is -2.12. The normalized spacial score (nSPS) is 10.7. The van der Waals surface area contributed by atoms with Crippen LogP contribution in [0, 0.1) is 20.8 Å². The number of carbonyl (C=O) groups excluding carboxylic acids is 2. The summed E-state index contributed by atoms with van der Waals surface area (Å²) in [5.74, 6) is 1.23. The number of anilines is 1. The largest absolute Gasteiger partial charge is 0.497 e. The van der Waals surface area contributed by atoms with Gasteiger partial charge in [-0.25, -0.2) is 0 Å². The Labute approximate surface area is 226 Å². The van der Waals surface area contributed by atoms with Crippen LogP contribution in [-0.2, 0) is 22.6 Å². The van der Waals surface area contributed by atoms with Gasteiger partial charge in [-0.05, 0) is 73.4 Å². The molecule has 3 aromatic carbocycles. The Morgan fingerprint density at radius 1 is 0.921 bits per heavy atom. The van der Waals surface area contributed by atoms with Crippen molar-refractivity contribution in [3.05, 3.63) is 94.8 Å². The lowest BCUT2D eigenvalue weighted by molar-refractivity contribution is -0.120. The summed E-state index contributed by atoms with van der Waals surface area (Å²) in [6.45, 7) is 6.16. The van der Waals surface area contributed by atoms with Crippen molar-refractivity contribution in [1.29, 1.82) is 0 Å². The second kappa shape index (κ2) is 12.4. The maximum Gasteiger partial charge on any atom is 0.234 e. The second-order valence-electron chi connectivity index (χ2n) is 9.03. The van der Waals surface area contributed by atoms with Crippen LogP contribution in [0.3, 0.4) is 0 Å². The maximum absolute atomic E-state index is 12.7. The van der Waals surface area contributed by atoms with E-state index in [0.29, 0.717) is 11.0 Å². The van der Waals surface area contributed by atoms with Gasteiger partial charge >= 0.3 is 0 Å². The van der Waals surface area contributed by atoms with Gasteiger partial charge < -0.3 is 15.4 Å².